The van der Waals surface area contributed by atoms with Gasteiger partial charge in [-0.3, -0.25) is 14.4 Å². The minimum absolute atomic E-state index is 0.0178. The minimum Gasteiger partial charge on any atom is -0.484 e. The Balaban J connectivity index is 1.07. The zero-order valence-electron chi connectivity index (χ0n) is 27.1. The second-order valence-corrected chi connectivity index (χ2v) is 12.8. The van der Waals surface area contributed by atoms with E-state index >= 15 is 0 Å². The highest BCUT2D eigenvalue weighted by Gasteiger charge is 2.30. The number of anilines is 2. The van der Waals surface area contributed by atoms with Crippen molar-refractivity contribution in [1.29, 1.82) is 0 Å². The molecule has 1 aliphatic heterocycles. The molecular weight excluding hydrogens is 596 g/mol. The number of ether oxygens (including phenoxy) is 1. The number of nitrogens with one attached hydrogen (secondary N) is 2. The van der Waals surface area contributed by atoms with E-state index in [2.05, 4.69) is 63.7 Å². The topological polar surface area (TPSA) is 140 Å². The van der Waals surface area contributed by atoms with Gasteiger partial charge in [-0.1, -0.05) is 38.1 Å². The number of aromatic nitrogens is 7. The average molecular weight is 639 g/mol. The van der Waals surface area contributed by atoms with Crippen LogP contribution in [0.4, 0.5) is 16.6 Å². The van der Waals surface area contributed by atoms with Gasteiger partial charge in [0.2, 0.25) is 5.95 Å². The molecule has 0 radical (unpaired) electrons. The number of benzene rings is 1. The number of carbonyl (C=O) groups excluding carboxylic acids is 1. The Labute approximate surface area is 273 Å². The highest BCUT2D eigenvalue weighted by atomic mass is 16.5. The molecule has 13 nitrogen and oxygen atoms in total. The molecule has 5 aromatic rings. The molecule has 5 heterocycles. The van der Waals surface area contributed by atoms with Gasteiger partial charge in [0.25, 0.3) is 0 Å². The number of fused-ring (bicyclic) bond motifs is 2. The van der Waals surface area contributed by atoms with Gasteiger partial charge >= 0.3 is 6.03 Å². The number of urea groups is 1. The van der Waals surface area contributed by atoms with Crippen LogP contribution in [0.25, 0.3) is 11.3 Å². The van der Waals surface area contributed by atoms with Crippen LogP contribution < -0.4 is 20.3 Å². The first-order valence-corrected chi connectivity index (χ1v) is 16.6. The van der Waals surface area contributed by atoms with Crippen LogP contribution in [0.2, 0.25) is 0 Å². The predicted molar refractivity (Wildman–Crippen MR) is 178 cm³/mol. The van der Waals surface area contributed by atoms with Gasteiger partial charge in [-0.15, -0.1) is 10.2 Å². The van der Waals surface area contributed by atoms with E-state index < -0.39 is 0 Å². The molecule has 1 aromatic carbocycles. The first-order valence-electron chi connectivity index (χ1n) is 16.6. The van der Waals surface area contributed by atoms with Crippen molar-refractivity contribution in [2.75, 3.05) is 23.4 Å². The Morgan fingerprint density at radius 2 is 1.91 bits per heavy atom. The van der Waals surface area contributed by atoms with Crippen molar-refractivity contribution in [1.82, 2.24) is 39.5 Å². The lowest BCUT2D eigenvalue weighted by Gasteiger charge is -2.33. The lowest BCUT2D eigenvalue weighted by atomic mass is 9.85. The highest BCUT2D eigenvalue weighted by Crippen LogP contribution is 2.39. The fraction of sp³-hybridized carbons (Fsp3) is 0.441. The Morgan fingerprint density at radius 3 is 2.72 bits per heavy atom. The number of piperidine rings is 1. The number of nitrogens with zero attached hydrogens (tertiary/aromatic N) is 8. The summed E-state index contributed by atoms with van der Waals surface area (Å²) in [6.07, 6.45) is 10.3. The van der Waals surface area contributed by atoms with Crippen molar-refractivity contribution in [2.45, 2.75) is 83.5 Å². The second-order valence-electron chi connectivity index (χ2n) is 12.8. The molecule has 0 bridgehead atoms. The van der Waals surface area contributed by atoms with Crippen LogP contribution >= 0.6 is 0 Å². The third kappa shape index (κ3) is 6.27. The zero-order valence-corrected chi connectivity index (χ0v) is 27.1. The van der Waals surface area contributed by atoms with Gasteiger partial charge < -0.3 is 20.1 Å². The summed E-state index contributed by atoms with van der Waals surface area (Å²) in [7, 11) is 0. The van der Waals surface area contributed by atoms with Crippen molar-refractivity contribution < 1.29 is 14.6 Å². The predicted octanol–water partition coefficient (Wildman–Crippen LogP) is 5.38. The monoisotopic (exact) mass is 638 g/mol. The Kier molecular flexibility index (Phi) is 8.54. The summed E-state index contributed by atoms with van der Waals surface area (Å²) in [5, 5.41) is 33.5. The van der Waals surface area contributed by atoms with E-state index in [1.807, 2.05) is 40.9 Å². The molecule has 4 aromatic heterocycles. The minimum atomic E-state index is -0.319. The van der Waals surface area contributed by atoms with Gasteiger partial charge in [-0.05, 0) is 68.2 Å². The van der Waals surface area contributed by atoms with Crippen molar-refractivity contribution in [3.8, 4) is 11.4 Å². The molecule has 3 atom stereocenters. The number of rotatable bonds is 9. The second kappa shape index (κ2) is 13.1. The standard InChI is InChI=1S/C34H42N10O3/c1-22(2)29-18-32(44(40-29)24-19-35-41(20-24)16-17-45)37-33(46)36-28-12-13-30(27-10-5-4-9-26(27)28)47-25-11-14-31-38-39-34(43(31)21-25)42-15-7-6-8-23(42)3/h4-5,9-11,14,18-23,28,30,45H,6-8,12-13,15-17H2,1-3H3,(H2,36,37,46)/t23-,28?,30?/m0/s1. The van der Waals surface area contributed by atoms with E-state index in [0.29, 0.717) is 30.5 Å². The summed E-state index contributed by atoms with van der Waals surface area (Å²) in [4.78, 5) is 15.8. The number of amides is 2. The number of pyridine rings is 1. The van der Waals surface area contributed by atoms with Gasteiger partial charge in [0.15, 0.2) is 5.65 Å². The molecule has 246 valence electrons. The van der Waals surface area contributed by atoms with Crippen LogP contribution in [0.3, 0.4) is 0 Å². The molecule has 2 amide bonds. The van der Waals surface area contributed by atoms with Crippen LogP contribution in [-0.4, -0.2) is 64.5 Å². The van der Waals surface area contributed by atoms with E-state index in [1.165, 1.54) is 6.42 Å². The Hall–Kier alpha value is -4.91. The van der Waals surface area contributed by atoms with E-state index in [9.17, 15) is 9.90 Å². The van der Waals surface area contributed by atoms with Crippen LogP contribution in [-0.2, 0) is 6.54 Å². The fourth-order valence-electron chi connectivity index (χ4n) is 6.67. The molecule has 47 heavy (non-hydrogen) atoms. The maximum absolute atomic E-state index is 13.5. The summed E-state index contributed by atoms with van der Waals surface area (Å²) in [5.74, 6) is 2.32. The van der Waals surface area contributed by atoms with E-state index in [0.717, 1.165) is 60.0 Å². The molecule has 1 aliphatic carbocycles. The van der Waals surface area contributed by atoms with Gasteiger partial charge in [-0.2, -0.15) is 10.2 Å². The van der Waals surface area contributed by atoms with Gasteiger partial charge in [0.1, 0.15) is 23.4 Å². The van der Waals surface area contributed by atoms with Crippen molar-refractivity contribution in [3.05, 3.63) is 77.9 Å². The van der Waals surface area contributed by atoms with Crippen LogP contribution in [0, 0.1) is 0 Å². The SMILES string of the molecule is CC(C)c1cc(NC(=O)NC2CCC(Oc3ccc4nnc(N5CCCC[C@@H]5C)n4c3)c3ccccc32)n(-c2cnn(CCO)c2)n1. The average Bonchev–Trinajstić information content (AvgIpc) is 3.81. The lowest BCUT2D eigenvalue weighted by Crippen LogP contribution is -2.38. The molecule has 2 aliphatic rings. The van der Waals surface area contributed by atoms with Crippen molar-refractivity contribution in [3.63, 3.8) is 0 Å². The Morgan fingerprint density at radius 1 is 1.06 bits per heavy atom. The molecule has 3 N–H and O–H groups in total. The van der Waals surface area contributed by atoms with Crippen LogP contribution in [0.15, 0.2) is 61.1 Å². The van der Waals surface area contributed by atoms with Crippen LogP contribution in [0.5, 0.6) is 5.75 Å². The first-order chi connectivity index (χ1) is 22.9. The van der Waals surface area contributed by atoms with Gasteiger partial charge in [0, 0.05) is 18.7 Å². The number of aliphatic hydroxyl groups excluding tert-OH is 1. The molecule has 13 heteroatoms. The molecule has 1 fully saturated rings. The molecule has 0 spiro atoms. The fourth-order valence-corrected chi connectivity index (χ4v) is 6.67. The maximum Gasteiger partial charge on any atom is 0.320 e. The van der Waals surface area contributed by atoms with E-state index in [4.69, 9.17) is 9.84 Å². The number of aliphatic hydroxyl groups is 1. The van der Waals surface area contributed by atoms with Crippen LogP contribution in [0.1, 0.15) is 87.8 Å². The number of hydrogen-bond acceptors (Lipinski definition) is 8. The maximum atomic E-state index is 13.5. The number of hydrogen-bond donors (Lipinski definition) is 3. The van der Waals surface area contributed by atoms with Crippen molar-refractivity contribution in [2.24, 2.45) is 0 Å². The smallest absolute Gasteiger partial charge is 0.320 e. The third-order valence-corrected chi connectivity index (χ3v) is 9.19. The molecular formula is C34H42N10O3. The lowest BCUT2D eigenvalue weighted by molar-refractivity contribution is 0.171. The molecule has 0 saturated carbocycles. The first kappa shape index (κ1) is 30.7. The molecule has 2 unspecified atom stereocenters. The normalized spacial score (nSPS) is 19.6. The largest absolute Gasteiger partial charge is 0.484 e. The summed E-state index contributed by atoms with van der Waals surface area (Å²) < 4.78 is 12.0. The molecule has 7 rings (SSSR count). The molecule has 1 saturated heterocycles. The van der Waals surface area contributed by atoms with Gasteiger partial charge in [-0.25, -0.2) is 9.48 Å². The summed E-state index contributed by atoms with van der Waals surface area (Å²) in [6, 6.07) is 13.9. The number of carbonyl (C=O) groups is 1. The van der Waals surface area contributed by atoms with Gasteiger partial charge in [0.05, 0.1) is 43.5 Å². The van der Waals surface area contributed by atoms with E-state index in [1.54, 1.807) is 21.8 Å². The summed E-state index contributed by atoms with van der Waals surface area (Å²) in [6.45, 7) is 7.69. The zero-order chi connectivity index (χ0) is 32.5. The summed E-state index contributed by atoms with van der Waals surface area (Å²) >= 11 is 0. The highest BCUT2D eigenvalue weighted by molar-refractivity contribution is 5.89. The quantitative estimate of drug-likeness (QED) is 0.196. The Bertz CT molecular complexity index is 1860. The summed E-state index contributed by atoms with van der Waals surface area (Å²) in [5.41, 5.74) is 4.44. The van der Waals surface area contributed by atoms with Crippen molar-refractivity contribution >= 4 is 23.4 Å². The third-order valence-electron chi connectivity index (χ3n) is 9.19. The van der Waals surface area contributed by atoms with E-state index in [-0.39, 0.29) is 30.7 Å².